The van der Waals surface area contributed by atoms with E-state index in [9.17, 15) is 0 Å². The van der Waals surface area contributed by atoms with Gasteiger partial charge in [-0.05, 0) is 20.8 Å². The molecule has 4 aromatic rings. The highest BCUT2D eigenvalue weighted by Crippen LogP contribution is 2.24. The van der Waals surface area contributed by atoms with Crippen LogP contribution < -0.4 is 5.32 Å². The fraction of sp³-hybridized carbons (Fsp3) is 0.176. The lowest BCUT2D eigenvalue weighted by molar-refractivity contribution is 0.926. The quantitative estimate of drug-likeness (QED) is 0.614. The highest BCUT2D eigenvalue weighted by Gasteiger charge is 2.12. The lowest BCUT2D eigenvalue weighted by atomic mass is 10.1. The van der Waals surface area contributed by atoms with Crippen LogP contribution in [0.3, 0.4) is 0 Å². The summed E-state index contributed by atoms with van der Waals surface area (Å²) in [4.78, 5) is 15.6. The fourth-order valence-corrected chi connectivity index (χ4v) is 3.40. The van der Waals surface area contributed by atoms with Gasteiger partial charge in [0.1, 0.15) is 11.6 Å². The minimum Gasteiger partial charge on any atom is -0.307 e. The lowest BCUT2D eigenvalue weighted by Crippen LogP contribution is -2.00. The first-order valence-corrected chi connectivity index (χ1v) is 8.43. The molecule has 3 heterocycles. The molecule has 0 saturated heterocycles. The van der Waals surface area contributed by atoms with Crippen molar-refractivity contribution in [3.63, 3.8) is 0 Å². The first kappa shape index (κ1) is 14.8. The molecule has 1 N–H and O–H groups in total. The van der Waals surface area contributed by atoms with Crippen LogP contribution in [0.15, 0.2) is 36.4 Å². The molecule has 0 saturated carbocycles. The lowest BCUT2D eigenvalue weighted by Gasteiger charge is -2.06. The van der Waals surface area contributed by atoms with Gasteiger partial charge in [0.25, 0.3) is 0 Å². The maximum absolute atomic E-state index is 4.52. The molecule has 7 heteroatoms. The molecular weight excluding hydrogens is 320 g/mol. The third-order valence-corrected chi connectivity index (χ3v) is 4.84. The van der Waals surface area contributed by atoms with Gasteiger partial charge in [-0.25, -0.2) is 14.5 Å². The van der Waals surface area contributed by atoms with E-state index in [1.165, 1.54) is 4.88 Å². The van der Waals surface area contributed by atoms with Crippen LogP contribution in [0.2, 0.25) is 0 Å². The van der Waals surface area contributed by atoms with Crippen molar-refractivity contribution in [2.75, 3.05) is 5.32 Å². The number of nitrogens with one attached hydrogen (secondary N) is 1. The molecule has 6 nitrogen and oxygen atoms in total. The zero-order valence-corrected chi connectivity index (χ0v) is 14.4. The van der Waals surface area contributed by atoms with Crippen LogP contribution in [0.5, 0.6) is 0 Å². The van der Waals surface area contributed by atoms with Gasteiger partial charge >= 0.3 is 0 Å². The zero-order valence-electron chi connectivity index (χ0n) is 13.6. The number of rotatable bonds is 3. The van der Waals surface area contributed by atoms with Crippen LogP contribution in [-0.2, 0) is 0 Å². The van der Waals surface area contributed by atoms with Crippen molar-refractivity contribution in [1.82, 2.24) is 24.6 Å². The Labute approximate surface area is 143 Å². The first-order chi connectivity index (χ1) is 11.6. The molecule has 1 aromatic carbocycles. The Morgan fingerprint density at radius 1 is 1.00 bits per heavy atom. The van der Waals surface area contributed by atoms with E-state index in [2.05, 4.69) is 32.3 Å². The number of aryl methyl sites for hydroxylation is 3. The molecule has 0 aliphatic rings. The summed E-state index contributed by atoms with van der Waals surface area (Å²) < 4.78 is 1.86. The Morgan fingerprint density at radius 2 is 1.79 bits per heavy atom. The van der Waals surface area contributed by atoms with E-state index in [1.807, 2.05) is 54.8 Å². The molecule has 0 radical (unpaired) electrons. The second-order valence-corrected chi connectivity index (χ2v) is 6.73. The molecule has 0 spiro atoms. The number of hydrogen-bond donors (Lipinski definition) is 1. The Hall–Kier alpha value is -2.80. The molecule has 0 aliphatic heterocycles. The number of aromatic nitrogens is 5. The topological polar surface area (TPSA) is 68.0 Å². The van der Waals surface area contributed by atoms with E-state index in [1.54, 1.807) is 11.3 Å². The summed E-state index contributed by atoms with van der Waals surface area (Å²) in [6.45, 7) is 5.99. The SMILES string of the molecule is Cc1nc(Nc2nc3sc(C)c(C)n3n2)cc(-c2ccccc2)n1. The summed E-state index contributed by atoms with van der Waals surface area (Å²) >= 11 is 1.63. The molecule has 0 aliphatic carbocycles. The molecule has 0 atom stereocenters. The number of benzene rings is 1. The average Bonchev–Trinajstić information content (AvgIpc) is 3.07. The van der Waals surface area contributed by atoms with Gasteiger partial charge in [0, 0.05) is 16.5 Å². The fourth-order valence-electron chi connectivity index (χ4n) is 2.50. The first-order valence-electron chi connectivity index (χ1n) is 7.61. The highest BCUT2D eigenvalue weighted by atomic mass is 32.1. The molecule has 24 heavy (non-hydrogen) atoms. The Morgan fingerprint density at radius 3 is 2.54 bits per heavy atom. The van der Waals surface area contributed by atoms with Crippen LogP contribution >= 0.6 is 11.3 Å². The number of thiazole rings is 1. The predicted octanol–water partition coefficient (Wildman–Crippen LogP) is 3.92. The third-order valence-electron chi connectivity index (χ3n) is 3.80. The molecule has 0 fully saturated rings. The molecule has 0 unspecified atom stereocenters. The number of hydrogen-bond acceptors (Lipinski definition) is 6. The van der Waals surface area contributed by atoms with Crippen molar-refractivity contribution in [1.29, 1.82) is 0 Å². The summed E-state index contributed by atoms with van der Waals surface area (Å²) in [5, 5.41) is 7.69. The third kappa shape index (κ3) is 2.63. The van der Waals surface area contributed by atoms with Gasteiger partial charge in [0.05, 0.1) is 11.4 Å². The van der Waals surface area contributed by atoms with E-state index in [0.29, 0.717) is 17.6 Å². The van der Waals surface area contributed by atoms with Gasteiger partial charge in [-0.1, -0.05) is 41.7 Å². The summed E-state index contributed by atoms with van der Waals surface area (Å²) in [7, 11) is 0. The van der Waals surface area contributed by atoms with E-state index in [0.717, 1.165) is 21.9 Å². The second-order valence-electron chi connectivity index (χ2n) is 5.55. The van der Waals surface area contributed by atoms with Gasteiger partial charge in [0.2, 0.25) is 10.9 Å². The molecule has 4 rings (SSSR count). The Balaban J connectivity index is 1.69. The van der Waals surface area contributed by atoms with E-state index in [4.69, 9.17) is 0 Å². The van der Waals surface area contributed by atoms with Crippen molar-refractivity contribution in [2.24, 2.45) is 0 Å². The number of anilines is 2. The standard InChI is InChI=1S/C17H16N6S/c1-10-11(2)24-17-21-16(22-23(10)17)20-15-9-14(18-12(3)19-15)13-7-5-4-6-8-13/h4-9H,1-3H3,(H,18,19,20,22). The number of nitrogens with zero attached hydrogens (tertiary/aromatic N) is 5. The summed E-state index contributed by atoms with van der Waals surface area (Å²) in [5.41, 5.74) is 3.04. The van der Waals surface area contributed by atoms with E-state index >= 15 is 0 Å². The van der Waals surface area contributed by atoms with Gasteiger partial charge in [-0.2, -0.15) is 4.98 Å². The molecule has 3 aromatic heterocycles. The Kier molecular flexibility index (Phi) is 3.50. The van der Waals surface area contributed by atoms with Crippen LogP contribution in [-0.4, -0.2) is 24.6 Å². The highest BCUT2D eigenvalue weighted by molar-refractivity contribution is 7.17. The molecule has 0 amide bonds. The van der Waals surface area contributed by atoms with Gasteiger partial charge in [0.15, 0.2) is 0 Å². The smallest absolute Gasteiger partial charge is 0.249 e. The molecular formula is C17H16N6S. The van der Waals surface area contributed by atoms with Crippen molar-refractivity contribution >= 4 is 28.1 Å². The number of fused-ring (bicyclic) bond motifs is 1. The van der Waals surface area contributed by atoms with Crippen molar-refractivity contribution in [3.8, 4) is 11.3 Å². The minimum atomic E-state index is 0.543. The van der Waals surface area contributed by atoms with Crippen LogP contribution in [0.1, 0.15) is 16.4 Å². The second kappa shape index (κ2) is 5.68. The normalized spacial score (nSPS) is 11.1. The zero-order chi connectivity index (χ0) is 16.7. The maximum atomic E-state index is 4.52. The molecule has 0 bridgehead atoms. The van der Waals surface area contributed by atoms with Crippen molar-refractivity contribution in [2.45, 2.75) is 20.8 Å². The summed E-state index contributed by atoms with van der Waals surface area (Å²) in [6, 6.07) is 12.0. The summed E-state index contributed by atoms with van der Waals surface area (Å²) in [5.74, 6) is 1.93. The average molecular weight is 336 g/mol. The Bertz CT molecular complexity index is 1020. The van der Waals surface area contributed by atoms with E-state index in [-0.39, 0.29) is 0 Å². The van der Waals surface area contributed by atoms with Gasteiger partial charge < -0.3 is 5.32 Å². The largest absolute Gasteiger partial charge is 0.307 e. The van der Waals surface area contributed by atoms with Crippen LogP contribution in [0.25, 0.3) is 16.2 Å². The van der Waals surface area contributed by atoms with E-state index < -0.39 is 0 Å². The predicted molar refractivity (Wildman–Crippen MR) is 95.8 cm³/mol. The maximum Gasteiger partial charge on any atom is 0.249 e. The molecule has 120 valence electrons. The minimum absolute atomic E-state index is 0.543. The monoisotopic (exact) mass is 336 g/mol. The van der Waals surface area contributed by atoms with Crippen LogP contribution in [0, 0.1) is 20.8 Å². The van der Waals surface area contributed by atoms with Crippen molar-refractivity contribution in [3.05, 3.63) is 52.8 Å². The van der Waals surface area contributed by atoms with Crippen molar-refractivity contribution < 1.29 is 0 Å². The van der Waals surface area contributed by atoms with Gasteiger partial charge in [-0.15, -0.1) is 5.10 Å². The van der Waals surface area contributed by atoms with Crippen LogP contribution in [0.4, 0.5) is 11.8 Å². The summed E-state index contributed by atoms with van der Waals surface area (Å²) in [6.07, 6.45) is 0. The van der Waals surface area contributed by atoms with Gasteiger partial charge in [-0.3, -0.25) is 0 Å².